The van der Waals surface area contributed by atoms with E-state index < -0.39 is 6.92 Å². The molecule has 4 aliphatic rings. The molecule has 0 spiro atoms. The van der Waals surface area contributed by atoms with Crippen LogP contribution in [0.15, 0.2) is 0 Å². The van der Waals surface area contributed by atoms with Crippen LogP contribution in [0.1, 0.15) is 79.1 Å². The summed E-state index contributed by atoms with van der Waals surface area (Å²) in [5.41, 5.74) is 0.315. The van der Waals surface area contributed by atoms with Gasteiger partial charge in [-0.1, -0.05) is 46.5 Å². The van der Waals surface area contributed by atoms with Gasteiger partial charge in [0.15, 0.2) is 6.92 Å². The van der Waals surface area contributed by atoms with Crippen LogP contribution in [0.2, 0.25) is 0 Å². The number of rotatable bonds is 7. The molecule has 0 aromatic carbocycles. The Morgan fingerprint density at radius 1 is 1.05 bits per heavy atom. The number of unbranched alkanes of at least 4 members (excludes halogenated alkanes) is 5. The molecule has 2 nitrogen and oxygen atoms in total. The zero-order valence-corrected chi connectivity index (χ0v) is 16.5. The van der Waals surface area contributed by atoms with Crippen molar-refractivity contribution >= 4 is 19.2 Å². The van der Waals surface area contributed by atoms with Crippen LogP contribution in [0.5, 0.6) is 0 Å². The van der Waals surface area contributed by atoms with E-state index in [1.807, 2.05) is 0 Å². The lowest BCUT2D eigenvalue weighted by atomic mass is 9.43. The maximum absolute atomic E-state index is 6.56. The number of hydrogen-bond donors (Lipinski definition) is 0. The van der Waals surface area contributed by atoms with Crippen LogP contribution in [-0.4, -0.2) is 17.9 Å². The maximum atomic E-state index is 6.56. The summed E-state index contributed by atoms with van der Waals surface area (Å²) in [6.45, 7) is 7.34. The molecule has 22 heavy (non-hydrogen) atoms. The van der Waals surface area contributed by atoms with Gasteiger partial charge < -0.3 is 12.2 Å². The molecule has 0 N–H and O–H groups in total. The van der Waals surface area contributed by atoms with E-state index in [1.165, 1.54) is 44.9 Å². The first-order chi connectivity index (χ1) is 10.3. The van der Waals surface area contributed by atoms with Crippen LogP contribution in [0.3, 0.4) is 0 Å². The Balaban J connectivity index is 1.53. The SMILES string of the molecule is CCCCCCCC[P+]1([S-])O[C@H]2C[C@H]3C[C@H](C3(C)C)[C@@]2(C)O1. The molecule has 1 aliphatic heterocycles. The first-order valence-electron chi connectivity index (χ1n) is 9.30. The van der Waals surface area contributed by atoms with Gasteiger partial charge in [0, 0.05) is 5.92 Å². The van der Waals surface area contributed by atoms with E-state index in [-0.39, 0.29) is 11.7 Å². The van der Waals surface area contributed by atoms with Crippen molar-refractivity contribution in [1.29, 1.82) is 0 Å². The minimum atomic E-state index is -2.03. The Kier molecular flexibility index (Phi) is 4.94. The highest BCUT2D eigenvalue weighted by Gasteiger charge is 2.71. The molecule has 5 atom stereocenters. The van der Waals surface area contributed by atoms with Crippen molar-refractivity contribution in [2.45, 2.75) is 90.8 Å². The highest BCUT2D eigenvalue weighted by molar-refractivity contribution is 8.38. The van der Waals surface area contributed by atoms with Gasteiger partial charge in [0.2, 0.25) is 0 Å². The Bertz CT molecular complexity index is 416. The van der Waals surface area contributed by atoms with E-state index in [0.717, 1.165) is 18.5 Å². The second-order valence-electron chi connectivity index (χ2n) is 8.51. The van der Waals surface area contributed by atoms with Gasteiger partial charge in [0.25, 0.3) is 0 Å². The van der Waals surface area contributed by atoms with Crippen LogP contribution in [0.4, 0.5) is 0 Å². The van der Waals surface area contributed by atoms with Crippen molar-refractivity contribution in [3.63, 3.8) is 0 Å². The molecule has 1 saturated heterocycles. The molecule has 128 valence electrons. The van der Waals surface area contributed by atoms with Gasteiger partial charge in [-0.2, -0.15) is 0 Å². The third-order valence-electron chi connectivity index (χ3n) is 6.71. The Labute approximate surface area is 142 Å². The lowest BCUT2D eigenvalue weighted by Crippen LogP contribution is -2.65. The largest absolute Gasteiger partial charge is 0.492 e. The summed E-state index contributed by atoms with van der Waals surface area (Å²) >= 11 is 5.87. The number of hydrogen-bond acceptors (Lipinski definition) is 3. The fraction of sp³-hybridized carbons (Fsp3) is 1.00. The van der Waals surface area contributed by atoms with E-state index in [2.05, 4.69) is 27.7 Å². The fourth-order valence-electron chi connectivity index (χ4n) is 5.07. The molecule has 4 heteroatoms. The molecule has 4 fully saturated rings. The predicted molar refractivity (Wildman–Crippen MR) is 96.9 cm³/mol. The monoisotopic (exact) mass is 344 g/mol. The van der Waals surface area contributed by atoms with Gasteiger partial charge in [-0.3, -0.25) is 0 Å². The highest BCUT2D eigenvalue weighted by atomic mass is 32.7. The van der Waals surface area contributed by atoms with Crippen LogP contribution >= 0.6 is 6.92 Å². The van der Waals surface area contributed by atoms with E-state index in [9.17, 15) is 0 Å². The smallest absolute Gasteiger partial charge is 0.161 e. The first kappa shape index (κ1) is 17.5. The van der Waals surface area contributed by atoms with Crippen LogP contribution in [0, 0.1) is 17.3 Å². The Hall–Kier alpha value is 0.700. The van der Waals surface area contributed by atoms with Gasteiger partial charge >= 0.3 is 0 Å². The van der Waals surface area contributed by atoms with Crippen molar-refractivity contribution in [3.05, 3.63) is 0 Å². The summed E-state index contributed by atoms with van der Waals surface area (Å²) in [4.78, 5) is 0. The molecule has 0 amide bonds. The summed E-state index contributed by atoms with van der Waals surface area (Å²) in [5, 5.41) is 0. The van der Waals surface area contributed by atoms with Gasteiger partial charge in [0.05, 0.1) is 6.16 Å². The summed E-state index contributed by atoms with van der Waals surface area (Å²) in [6, 6.07) is 0. The molecule has 3 aliphatic carbocycles. The average Bonchev–Trinajstić information content (AvgIpc) is 2.72. The molecule has 0 aromatic rings. The predicted octanol–water partition coefficient (Wildman–Crippen LogP) is 5.90. The molecule has 1 heterocycles. The molecule has 4 rings (SSSR count). The summed E-state index contributed by atoms with van der Waals surface area (Å²) in [6.07, 6.45) is 11.6. The van der Waals surface area contributed by atoms with Crippen molar-refractivity contribution < 1.29 is 9.05 Å². The van der Waals surface area contributed by atoms with Crippen molar-refractivity contribution in [2.75, 3.05) is 6.16 Å². The quantitative estimate of drug-likeness (QED) is 0.325. The normalized spacial score (nSPS) is 45.4. The minimum Gasteiger partial charge on any atom is -0.492 e. The minimum absolute atomic E-state index is 0.101. The molecule has 0 aromatic heterocycles. The van der Waals surface area contributed by atoms with Gasteiger partial charge in [-0.25, -0.2) is 9.05 Å². The molecule has 2 bridgehead atoms. The van der Waals surface area contributed by atoms with Crippen molar-refractivity contribution in [3.8, 4) is 0 Å². The Morgan fingerprint density at radius 3 is 2.41 bits per heavy atom. The summed E-state index contributed by atoms with van der Waals surface area (Å²) in [5.74, 6) is 1.45. The second kappa shape index (κ2) is 6.21. The lowest BCUT2D eigenvalue weighted by Gasteiger charge is -2.62. The van der Waals surface area contributed by atoms with Crippen molar-refractivity contribution in [2.24, 2.45) is 17.3 Å². The Morgan fingerprint density at radius 2 is 1.73 bits per heavy atom. The zero-order chi connectivity index (χ0) is 16.0. The highest BCUT2D eigenvalue weighted by Crippen LogP contribution is 2.77. The summed E-state index contributed by atoms with van der Waals surface area (Å²) < 4.78 is 12.9. The average molecular weight is 345 g/mol. The fourth-order valence-corrected chi connectivity index (χ4v) is 8.63. The van der Waals surface area contributed by atoms with E-state index >= 15 is 0 Å². The third-order valence-corrected chi connectivity index (χ3v) is 9.85. The van der Waals surface area contributed by atoms with Crippen molar-refractivity contribution in [1.82, 2.24) is 0 Å². The van der Waals surface area contributed by atoms with Crippen LogP contribution in [0.25, 0.3) is 0 Å². The standard InChI is InChI=1S/C18H33O2PS/c1-5-6-7-8-9-10-11-21(22)19-16-13-14-12-15(17(14,2)3)18(16,4)20-21/h14-16H,5-13H2,1-4H3/t14-,15-,16+,18-,21?/m1/s1. The molecule has 1 unspecified atom stereocenters. The van der Waals surface area contributed by atoms with Gasteiger partial charge in [-0.15, -0.1) is 0 Å². The lowest BCUT2D eigenvalue weighted by molar-refractivity contribution is -0.199. The van der Waals surface area contributed by atoms with Gasteiger partial charge in [-0.05, 0) is 43.9 Å². The third kappa shape index (κ3) is 2.89. The maximum Gasteiger partial charge on any atom is 0.161 e. The van der Waals surface area contributed by atoms with E-state index in [0.29, 0.717) is 11.3 Å². The molecule has 0 radical (unpaired) electrons. The second-order valence-corrected chi connectivity index (χ2v) is 12.2. The molecular weight excluding hydrogens is 311 g/mol. The summed E-state index contributed by atoms with van der Waals surface area (Å²) in [7, 11) is 0. The van der Waals surface area contributed by atoms with Crippen LogP contribution in [-0.2, 0) is 21.3 Å². The molecular formula is C18H33O2PS. The van der Waals surface area contributed by atoms with Gasteiger partial charge in [0.1, 0.15) is 11.7 Å². The van der Waals surface area contributed by atoms with E-state index in [1.54, 1.807) is 0 Å². The van der Waals surface area contributed by atoms with E-state index in [4.69, 9.17) is 21.3 Å². The zero-order valence-electron chi connectivity index (χ0n) is 14.8. The van der Waals surface area contributed by atoms with Crippen LogP contribution < -0.4 is 0 Å². The first-order valence-corrected chi connectivity index (χ1v) is 12.1. The molecule has 3 saturated carbocycles. The topological polar surface area (TPSA) is 18.5 Å².